The largest absolute Gasteiger partial charge is 0.479 e. The highest BCUT2D eigenvalue weighted by Gasteiger charge is 2.17. The highest BCUT2D eigenvalue weighted by molar-refractivity contribution is 5.78. The van der Waals surface area contributed by atoms with Gasteiger partial charge in [-0.3, -0.25) is 4.79 Å². The number of amides is 1. The molecule has 6 heteroatoms. The van der Waals surface area contributed by atoms with Crippen molar-refractivity contribution in [3.63, 3.8) is 0 Å². The van der Waals surface area contributed by atoms with Gasteiger partial charge in [0.25, 0.3) is 0 Å². The van der Waals surface area contributed by atoms with Crippen molar-refractivity contribution in [2.75, 3.05) is 20.2 Å². The van der Waals surface area contributed by atoms with Gasteiger partial charge in [0, 0.05) is 13.5 Å². The summed E-state index contributed by atoms with van der Waals surface area (Å²) >= 11 is 0. The number of ether oxygens (including phenoxy) is 1. The molecule has 0 saturated carbocycles. The lowest BCUT2D eigenvalue weighted by Crippen LogP contribution is -2.37. The molecule has 100 valence electrons. The lowest BCUT2D eigenvalue weighted by molar-refractivity contribution is -0.148. The average molecular weight is 246 g/mol. The van der Waals surface area contributed by atoms with E-state index in [1.807, 2.05) is 6.92 Å². The highest BCUT2D eigenvalue weighted by Crippen LogP contribution is 2.08. The van der Waals surface area contributed by atoms with Crippen LogP contribution < -0.4 is 11.1 Å². The third kappa shape index (κ3) is 7.70. The molecule has 0 aliphatic heterocycles. The second-order valence-electron chi connectivity index (χ2n) is 4.09. The fourth-order valence-electron chi connectivity index (χ4n) is 1.37. The second-order valence-corrected chi connectivity index (χ2v) is 4.09. The van der Waals surface area contributed by atoms with Crippen molar-refractivity contribution in [1.29, 1.82) is 0 Å². The van der Waals surface area contributed by atoms with Crippen molar-refractivity contribution >= 4 is 11.9 Å². The van der Waals surface area contributed by atoms with Crippen LogP contribution in [0.25, 0.3) is 0 Å². The van der Waals surface area contributed by atoms with E-state index < -0.39 is 12.1 Å². The zero-order chi connectivity index (χ0) is 13.3. The molecule has 1 amide bonds. The van der Waals surface area contributed by atoms with Crippen molar-refractivity contribution in [3.8, 4) is 0 Å². The molecule has 2 atom stereocenters. The van der Waals surface area contributed by atoms with Crippen molar-refractivity contribution < 1.29 is 19.4 Å². The van der Waals surface area contributed by atoms with Gasteiger partial charge in [0.2, 0.25) is 5.91 Å². The number of hydrogen-bond acceptors (Lipinski definition) is 4. The van der Waals surface area contributed by atoms with Crippen LogP contribution in [0.4, 0.5) is 0 Å². The maximum absolute atomic E-state index is 11.4. The van der Waals surface area contributed by atoms with Gasteiger partial charge in [-0.2, -0.15) is 0 Å². The molecule has 0 aromatic heterocycles. The number of aliphatic carboxylic acids is 1. The first-order valence-electron chi connectivity index (χ1n) is 5.73. The zero-order valence-corrected chi connectivity index (χ0v) is 10.4. The standard InChI is InChI=1S/C11H22N2O4/c1-8(5-6-12)3-4-10(14)13-7-9(17-2)11(15)16/h8-9H,3-7,12H2,1-2H3,(H,13,14)(H,15,16). The predicted octanol–water partition coefficient (Wildman–Crippen LogP) is -0.0327. The SMILES string of the molecule is COC(CNC(=O)CCC(C)CCN)C(=O)O. The van der Waals surface area contributed by atoms with Gasteiger partial charge in [0.15, 0.2) is 6.10 Å². The minimum absolute atomic E-state index is 0.00403. The Kier molecular flexibility index (Phi) is 8.35. The van der Waals surface area contributed by atoms with Gasteiger partial charge in [-0.25, -0.2) is 4.79 Å². The van der Waals surface area contributed by atoms with E-state index >= 15 is 0 Å². The Morgan fingerprint density at radius 1 is 1.41 bits per heavy atom. The van der Waals surface area contributed by atoms with Crippen molar-refractivity contribution in [1.82, 2.24) is 5.32 Å². The summed E-state index contributed by atoms with van der Waals surface area (Å²) in [7, 11) is 1.30. The topological polar surface area (TPSA) is 102 Å². The van der Waals surface area contributed by atoms with Crippen molar-refractivity contribution in [3.05, 3.63) is 0 Å². The molecule has 4 N–H and O–H groups in total. The first-order valence-corrected chi connectivity index (χ1v) is 5.73. The van der Waals surface area contributed by atoms with Crippen LogP contribution in [0.15, 0.2) is 0 Å². The fourth-order valence-corrected chi connectivity index (χ4v) is 1.37. The van der Waals surface area contributed by atoms with E-state index in [0.29, 0.717) is 18.9 Å². The third-order valence-electron chi connectivity index (χ3n) is 2.57. The van der Waals surface area contributed by atoms with Crippen LogP contribution in [-0.4, -0.2) is 43.3 Å². The summed E-state index contributed by atoms with van der Waals surface area (Å²) in [5.74, 6) is -0.829. The van der Waals surface area contributed by atoms with Gasteiger partial charge in [0.05, 0.1) is 6.54 Å². The molecule has 0 radical (unpaired) electrons. The lowest BCUT2D eigenvalue weighted by Gasteiger charge is -2.13. The minimum atomic E-state index is -1.08. The van der Waals surface area contributed by atoms with Gasteiger partial charge >= 0.3 is 5.97 Å². The minimum Gasteiger partial charge on any atom is -0.479 e. The summed E-state index contributed by atoms with van der Waals surface area (Å²) in [6.07, 6.45) is 1.05. The maximum Gasteiger partial charge on any atom is 0.334 e. The summed E-state index contributed by atoms with van der Waals surface area (Å²) in [6, 6.07) is 0. The summed E-state index contributed by atoms with van der Waals surface area (Å²) in [5.41, 5.74) is 5.40. The Labute approximate surface area is 102 Å². The van der Waals surface area contributed by atoms with Gasteiger partial charge in [-0.05, 0) is 25.3 Å². The molecule has 0 spiro atoms. The molecule has 0 heterocycles. The van der Waals surface area contributed by atoms with E-state index in [1.165, 1.54) is 7.11 Å². The van der Waals surface area contributed by atoms with Gasteiger partial charge in [-0.15, -0.1) is 0 Å². The number of nitrogens with two attached hydrogens (primary N) is 1. The Hall–Kier alpha value is -1.14. The van der Waals surface area contributed by atoms with E-state index in [2.05, 4.69) is 5.32 Å². The van der Waals surface area contributed by atoms with Gasteiger partial charge in [0.1, 0.15) is 0 Å². The number of carbonyl (C=O) groups is 2. The van der Waals surface area contributed by atoms with Crippen LogP contribution in [0, 0.1) is 5.92 Å². The normalized spacial score (nSPS) is 14.1. The van der Waals surface area contributed by atoms with Crippen LogP contribution >= 0.6 is 0 Å². The molecular formula is C11H22N2O4. The molecule has 0 aromatic carbocycles. The van der Waals surface area contributed by atoms with E-state index in [-0.39, 0.29) is 12.5 Å². The average Bonchev–Trinajstić information content (AvgIpc) is 2.27. The van der Waals surface area contributed by atoms with Crippen LogP contribution in [0.2, 0.25) is 0 Å². The first kappa shape index (κ1) is 15.9. The molecule has 6 nitrogen and oxygen atoms in total. The van der Waals surface area contributed by atoms with Crippen molar-refractivity contribution in [2.24, 2.45) is 11.7 Å². The number of carboxylic acids is 1. The molecule has 0 fully saturated rings. The molecule has 0 aliphatic carbocycles. The summed E-state index contributed by atoms with van der Waals surface area (Å²) in [5, 5.41) is 11.2. The Morgan fingerprint density at radius 2 is 2.06 bits per heavy atom. The Bertz CT molecular complexity index is 246. The van der Waals surface area contributed by atoms with E-state index in [9.17, 15) is 9.59 Å². The zero-order valence-electron chi connectivity index (χ0n) is 10.4. The van der Waals surface area contributed by atoms with E-state index in [1.54, 1.807) is 0 Å². The van der Waals surface area contributed by atoms with Gasteiger partial charge < -0.3 is 20.9 Å². The highest BCUT2D eigenvalue weighted by atomic mass is 16.5. The monoisotopic (exact) mass is 246 g/mol. The second kappa shape index (κ2) is 8.95. The summed E-state index contributed by atoms with van der Waals surface area (Å²) < 4.78 is 4.70. The summed E-state index contributed by atoms with van der Waals surface area (Å²) in [4.78, 5) is 22.0. The number of carbonyl (C=O) groups excluding carboxylic acids is 1. The molecule has 0 aliphatic rings. The lowest BCUT2D eigenvalue weighted by atomic mass is 10.0. The van der Waals surface area contributed by atoms with Crippen LogP contribution in [0.1, 0.15) is 26.2 Å². The molecule has 2 unspecified atom stereocenters. The molecule has 17 heavy (non-hydrogen) atoms. The van der Waals surface area contributed by atoms with Gasteiger partial charge in [-0.1, -0.05) is 6.92 Å². The molecule has 0 rings (SSSR count). The predicted molar refractivity (Wildman–Crippen MR) is 63.5 cm³/mol. The number of rotatable bonds is 9. The number of nitrogens with one attached hydrogen (secondary N) is 1. The maximum atomic E-state index is 11.4. The number of methoxy groups -OCH3 is 1. The molecule has 0 aromatic rings. The van der Waals surface area contributed by atoms with Crippen LogP contribution in [-0.2, 0) is 14.3 Å². The van der Waals surface area contributed by atoms with Crippen molar-refractivity contribution in [2.45, 2.75) is 32.3 Å². The molecular weight excluding hydrogens is 224 g/mol. The van der Waals surface area contributed by atoms with Crippen LogP contribution in [0.3, 0.4) is 0 Å². The molecule has 0 saturated heterocycles. The smallest absolute Gasteiger partial charge is 0.334 e. The number of carboxylic acid groups (broad SMARTS) is 1. The Morgan fingerprint density at radius 3 is 2.53 bits per heavy atom. The van der Waals surface area contributed by atoms with E-state index in [4.69, 9.17) is 15.6 Å². The summed E-state index contributed by atoms with van der Waals surface area (Å²) in [6.45, 7) is 2.65. The van der Waals surface area contributed by atoms with Crippen LogP contribution in [0.5, 0.6) is 0 Å². The third-order valence-corrected chi connectivity index (χ3v) is 2.57. The Balaban J connectivity index is 3.75. The number of hydrogen-bond donors (Lipinski definition) is 3. The molecule has 0 bridgehead atoms. The quantitative estimate of drug-likeness (QED) is 0.530. The fraction of sp³-hybridized carbons (Fsp3) is 0.818. The first-order chi connectivity index (χ1) is 8.01. The van der Waals surface area contributed by atoms with E-state index in [0.717, 1.165) is 12.8 Å².